The second kappa shape index (κ2) is 4.10. The molecule has 0 saturated carbocycles. The van der Waals surface area contributed by atoms with E-state index < -0.39 is 9.76 Å². The highest BCUT2D eigenvalue weighted by Gasteiger charge is 2.29. The van der Waals surface area contributed by atoms with E-state index in [-0.39, 0.29) is 5.60 Å². The lowest BCUT2D eigenvalue weighted by atomic mass is 10.1. The molecule has 1 heterocycles. The standard InChI is InChI=1S/C11H21NO2Si/c1-8-9(13-7-12-8)11(5,6)14-15-10(2,3)4/h7H,15H2,1-6H3. The second-order valence-corrected chi connectivity index (χ2v) is 8.33. The van der Waals surface area contributed by atoms with Crippen LogP contribution in [0.4, 0.5) is 0 Å². The maximum Gasteiger partial charge on any atom is 0.181 e. The zero-order valence-corrected chi connectivity index (χ0v) is 12.0. The van der Waals surface area contributed by atoms with Crippen LogP contribution in [0.25, 0.3) is 0 Å². The van der Waals surface area contributed by atoms with Gasteiger partial charge in [0.25, 0.3) is 0 Å². The van der Waals surface area contributed by atoms with E-state index in [1.807, 2.05) is 20.8 Å². The predicted molar refractivity (Wildman–Crippen MR) is 63.6 cm³/mol. The smallest absolute Gasteiger partial charge is 0.181 e. The van der Waals surface area contributed by atoms with Crippen LogP contribution < -0.4 is 0 Å². The number of aryl methyl sites for hydroxylation is 1. The maximum atomic E-state index is 6.02. The van der Waals surface area contributed by atoms with Crippen molar-refractivity contribution in [2.45, 2.75) is 52.2 Å². The van der Waals surface area contributed by atoms with Gasteiger partial charge in [-0.25, -0.2) is 4.98 Å². The molecule has 0 atom stereocenters. The van der Waals surface area contributed by atoms with E-state index in [9.17, 15) is 0 Å². The summed E-state index contributed by atoms with van der Waals surface area (Å²) < 4.78 is 11.4. The van der Waals surface area contributed by atoms with Crippen LogP contribution in [-0.2, 0) is 10.0 Å². The molecule has 1 aromatic rings. The molecule has 0 saturated heterocycles. The van der Waals surface area contributed by atoms with Crippen molar-refractivity contribution in [1.29, 1.82) is 0 Å². The molecule has 0 aliphatic rings. The molecule has 0 amide bonds. The van der Waals surface area contributed by atoms with Gasteiger partial charge in [-0.15, -0.1) is 0 Å². The first-order valence-electron chi connectivity index (χ1n) is 5.27. The van der Waals surface area contributed by atoms with Gasteiger partial charge in [-0.3, -0.25) is 0 Å². The Morgan fingerprint density at radius 3 is 2.27 bits per heavy atom. The number of oxazole rings is 1. The summed E-state index contributed by atoms with van der Waals surface area (Å²) in [6, 6.07) is 0. The Balaban J connectivity index is 2.72. The van der Waals surface area contributed by atoms with E-state index in [0.29, 0.717) is 5.04 Å². The first-order valence-corrected chi connectivity index (χ1v) is 6.55. The Hall–Kier alpha value is -0.613. The van der Waals surface area contributed by atoms with Gasteiger partial charge in [-0.1, -0.05) is 20.8 Å². The normalized spacial score (nSPS) is 14.0. The largest absolute Gasteiger partial charge is 0.445 e. The van der Waals surface area contributed by atoms with Crippen LogP contribution in [0.1, 0.15) is 46.1 Å². The van der Waals surface area contributed by atoms with Crippen molar-refractivity contribution in [1.82, 2.24) is 4.98 Å². The van der Waals surface area contributed by atoms with E-state index in [1.54, 1.807) is 0 Å². The average Bonchev–Trinajstić information content (AvgIpc) is 2.47. The number of hydrogen-bond donors (Lipinski definition) is 0. The molecule has 0 unspecified atom stereocenters. The van der Waals surface area contributed by atoms with Crippen molar-refractivity contribution in [3.8, 4) is 0 Å². The van der Waals surface area contributed by atoms with Crippen molar-refractivity contribution < 1.29 is 8.84 Å². The molecule has 0 spiro atoms. The molecular formula is C11H21NO2Si. The molecule has 86 valence electrons. The third-order valence-electron chi connectivity index (χ3n) is 2.16. The van der Waals surface area contributed by atoms with Gasteiger partial charge in [0.15, 0.2) is 21.9 Å². The van der Waals surface area contributed by atoms with Crippen LogP contribution in [0.5, 0.6) is 0 Å². The molecule has 0 bridgehead atoms. The molecule has 0 radical (unpaired) electrons. The van der Waals surface area contributed by atoms with Crippen molar-refractivity contribution in [3.05, 3.63) is 17.8 Å². The quantitative estimate of drug-likeness (QED) is 0.744. The fraction of sp³-hybridized carbons (Fsp3) is 0.727. The van der Waals surface area contributed by atoms with Gasteiger partial charge >= 0.3 is 0 Å². The van der Waals surface area contributed by atoms with E-state index in [1.165, 1.54) is 6.39 Å². The monoisotopic (exact) mass is 227 g/mol. The minimum atomic E-state index is -0.581. The molecule has 1 rings (SSSR count). The summed E-state index contributed by atoms with van der Waals surface area (Å²) in [5.41, 5.74) is 0.572. The summed E-state index contributed by atoms with van der Waals surface area (Å²) in [4.78, 5) is 4.10. The molecule has 0 aliphatic heterocycles. The molecule has 0 aliphatic carbocycles. The molecule has 3 nitrogen and oxygen atoms in total. The Bertz CT molecular complexity index is 326. The Morgan fingerprint density at radius 1 is 1.27 bits per heavy atom. The van der Waals surface area contributed by atoms with Crippen molar-refractivity contribution >= 4 is 9.76 Å². The van der Waals surface area contributed by atoms with Gasteiger partial charge in [0.05, 0.1) is 5.69 Å². The molecule has 0 N–H and O–H groups in total. The molecule has 4 heteroatoms. The molecule has 15 heavy (non-hydrogen) atoms. The summed E-state index contributed by atoms with van der Waals surface area (Å²) >= 11 is 0. The van der Waals surface area contributed by atoms with Crippen LogP contribution in [0.15, 0.2) is 10.8 Å². The van der Waals surface area contributed by atoms with Crippen LogP contribution in [0.3, 0.4) is 0 Å². The van der Waals surface area contributed by atoms with Crippen molar-refractivity contribution in [3.63, 3.8) is 0 Å². The predicted octanol–water partition coefficient (Wildman–Crippen LogP) is 2.54. The first-order chi connectivity index (χ1) is 6.72. The fourth-order valence-corrected chi connectivity index (χ4v) is 2.27. The number of hydrogen-bond acceptors (Lipinski definition) is 3. The minimum absolute atomic E-state index is 0.297. The highest BCUT2D eigenvalue weighted by molar-refractivity contribution is 6.31. The van der Waals surface area contributed by atoms with Gasteiger partial charge in [-0.05, 0) is 25.8 Å². The van der Waals surface area contributed by atoms with Gasteiger partial charge in [0.2, 0.25) is 0 Å². The summed E-state index contributed by atoms with van der Waals surface area (Å²) in [5, 5.41) is 0.297. The fourth-order valence-electron chi connectivity index (χ4n) is 1.34. The summed E-state index contributed by atoms with van der Waals surface area (Å²) in [6.45, 7) is 12.7. The Kier molecular flexibility index (Phi) is 3.40. The second-order valence-electron chi connectivity index (χ2n) is 5.63. The van der Waals surface area contributed by atoms with E-state index in [2.05, 4.69) is 25.8 Å². The summed E-state index contributed by atoms with van der Waals surface area (Å²) in [5.74, 6) is 0.847. The third kappa shape index (κ3) is 3.46. The lowest BCUT2D eigenvalue weighted by Crippen LogP contribution is -2.27. The average molecular weight is 227 g/mol. The lowest BCUT2D eigenvalue weighted by molar-refractivity contribution is 0.0820. The van der Waals surface area contributed by atoms with E-state index in [0.717, 1.165) is 11.5 Å². The van der Waals surface area contributed by atoms with Crippen molar-refractivity contribution in [2.24, 2.45) is 0 Å². The van der Waals surface area contributed by atoms with Gasteiger partial charge in [0, 0.05) is 0 Å². The Morgan fingerprint density at radius 2 is 1.87 bits per heavy atom. The van der Waals surface area contributed by atoms with Gasteiger partial charge in [-0.2, -0.15) is 0 Å². The highest BCUT2D eigenvalue weighted by Crippen LogP contribution is 2.30. The first kappa shape index (κ1) is 12.5. The van der Waals surface area contributed by atoms with Crippen LogP contribution in [-0.4, -0.2) is 14.7 Å². The molecule has 0 aromatic carbocycles. The molecule has 0 fully saturated rings. The third-order valence-corrected chi connectivity index (χ3v) is 3.89. The van der Waals surface area contributed by atoms with E-state index in [4.69, 9.17) is 8.84 Å². The van der Waals surface area contributed by atoms with Gasteiger partial charge < -0.3 is 8.84 Å². The molecular weight excluding hydrogens is 206 g/mol. The SMILES string of the molecule is Cc1ncoc1C(C)(C)O[SiH2]C(C)(C)C. The number of nitrogens with zero attached hydrogens (tertiary/aromatic N) is 1. The molecule has 1 aromatic heterocycles. The Labute approximate surface area is 94.2 Å². The topological polar surface area (TPSA) is 35.3 Å². The number of aromatic nitrogens is 1. The minimum Gasteiger partial charge on any atom is -0.445 e. The summed E-state index contributed by atoms with van der Waals surface area (Å²) in [7, 11) is -0.581. The lowest BCUT2D eigenvalue weighted by Gasteiger charge is -2.28. The van der Waals surface area contributed by atoms with Gasteiger partial charge in [0.1, 0.15) is 5.60 Å². The highest BCUT2D eigenvalue weighted by atomic mass is 28.2. The van der Waals surface area contributed by atoms with Crippen LogP contribution in [0, 0.1) is 6.92 Å². The maximum absolute atomic E-state index is 6.02. The van der Waals surface area contributed by atoms with E-state index >= 15 is 0 Å². The zero-order valence-electron chi connectivity index (χ0n) is 10.5. The van der Waals surface area contributed by atoms with Crippen LogP contribution >= 0.6 is 0 Å². The van der Waals surface area contributed by atoms with Crippen LogP contribution in [0.2, 0.25) is 5.04 Å². The number of rotatable bonds is 3. The summed E-state index contributed by atoms with van der Waals surface area (Å²) in [6.07, 6.45) is 1.48. The zero-order chi connectivity index (χ0) is 11.7. The van der Waals surface area contributed by atoms with Crippen molar-refractivity contribution in [2.75, 3.05) is 0 Å².